The highest BCUT2D eigenvalue weighted by Gasteiger charge is 2.15. The van der Waals surface area contributed by atoms with Crippen LogP contribution in [0.1, 0.15) is 15.9 Å². The molecule has 5 heteroatoms. The third-order valence-electron chi connectivity index (χ3n) is 1.65. The van der Waals surface area contributed by atoms with Crippen LogP contribution >= 0.6 is 12.6 Å². The summed E-state index contributed by atoms with van der Waals surface area (Å²) in [5.41, 5.74) is -0.0883. The Hall–Kier alpha value is -1.67. The molecule has 0 amide bonds. The minimum absolute atomic E-state index is 0.0119. The van der Waals surface area contributed by atoms with E-state index in [9.17, 15) is 4.79 Å². The average Bonchev–Trinajstić information content (AvgIpc) is 2.16. The molecule has 0 saturated carbocycles. The van der Waals surface area contributed by atoms with Crippen molar-refractivity contribution in [3.05, 3.63) is 23.3 Å². The van der Waals surface area contributed by atoms with E-state index in [0.717, 1.165) is 0 Å². The number of methoxy groups -OCH3 is 1. The number of carboxylic acid groups (broad SMARTS) is 1. The molecule has 72 valence electrons. The summed E-state index contributed by atoms with van der Waals surface area (Å²) in [6, 6.07) is 4.59. The lowest BCUT2D eigenvalue weighted by molar-refractivity contribution is 0.0696. The first kappa shape index (κ1) is 10.4. The van der Waals surface area contributed by atoms with Gasteiger partial charge in [0.25, 0.3) is 0 Å². The molecule has 1 rings (SSSR count). The maximum Gasteiger partial charge on any atom is 0.337 e. The number of carbonyl (C=O) groups is 1. The molecule has 0 fully saturated rings. The Morgan fingerprint density at radius 3 is 2.71 bits per heavy atom. The van der Waals surface area contributed by atoms with Crippen LogP contribution < -0.4 is 4.74 Å². The quantitative estimate of drug-likeness (QED) is 0.725. The first-order chi connectivity index (χ1) is 6.60. The molecule has 4 nitrogen and oxygen atoms in total. The van der Waals surface area contributed by atoms with Crippen LogP contribution in [-0.4, -0.2) is 18.2 Å². The highest BCUT2D eigenvalue weighted by Crippen LogP contribution is 2.25. The van der Waals surface area contributed by atoms with E-state index in [2.05, 4.69) is 12.6 Å². The average molecular weight is 209 g/mol. The minimum Gasteiger partial charge on any atom is -0.495 e. The van der Waals surface area contributed by atoms with Gasteiger partial charge in [-0.3, -0.25) is 0 Å². The van der Waals surface area contributed by atoms with E-state index in [0.29, 0.717) is 4.90 Å². The van der Waals surface area contributed by atoms with Gasteiger partial charge >= 0.3 is 5.97 Å². The van der Waals surface area contributed by atoms with Crippen LogP contribution in [-0.2, 0) is 0 Å². The molecule has 1 N–H and O–H groups in total. The molecule has 0 bridgehead atoms. The van der Waals surface area contributed by atoms with Gasteiger partial charge in [-0.15, -0.1) is 12.6 Å². The van der Waals surface area contributed by atoms with Gasteiger partial charge in [-0.2, -0.15) is 5.26 Å². The second-order valence-corrected chi connectivity index (χ2v) is 3.00. The van der Waals surface area contributed by atoms with Crippen LogP contribution in [0.3, 0.4) is 0 Å². The lowest BCUT2D eigenvalue weighted by Crippen LogP contribution is -2.02. The predicted octanol–water partition coefficient (Wildman–Crippen LogP) is 1.55. The lowest BCUT2D eigenvalue weighted by Gasteiger charge is -2.06. The fourth-order valence-electron chi connectivity index (χ4n) is 1.05. The van der Waals surface area contributed by atoms with Crippen LogP contribution in [0, 0.1) is 11.3 Å². The monoisotopic (exact) mass is 209 g/mol. The zero-order valence-corrected chi connectivity index (χ0v) is 8.21. The SMILES string of the molecule is COc1cc(S)cc(C(=O)O)c1C#N. The molecular formula is C9H7NO3S. The number of aromatic carboxylic acids is 1. The molecule has 0 aromatic heterocycles. The zero-order chi connectivity index (χ0) is 10.7. The number of hydrogen-bond acceptors (Lipinski definition) is 4. The number of hydrogen-bond donors (Lipinski definition) is 2. The third kappa shape index (κ3) is 1.80. The van der Waals surface area contributed by atoms with Crippen LogP contribution in [0.5, 0.6) is 5.75 Å². The molecule has 0 unspecified atom stereocenters. The van der Waals surface area contributed by atoms with Gasteiger partial charge in [0.05, 0.1) is 12.7 Å². The summed E-state index contributed by atoms with van der Waals surface area (Å²) in [5, 5.41) is 17.6. The van der Waals surface area contributed by atoms with Gasteiger partial charge in [-0.1, -0.05) is 0 Å². The Balaban J connectivity index is 3.49. The van der Waals surface area contributed by atoms with Crippen molar-refractivity contribution in [1.29, 1.82) is 5.26 Å². The highest BCUT2D eigenvalue weighted by atomic mass is 32.1. The Labute approximate surface area is 86.1 Å². The van der Waals surface area contributed by atoms with Gasteiger partial charge in [-0.05, 0) is 12.1 Å². The Bertz CT molecular complexity index is 423. The summed E-state index contributed by atoms with van der Waals surface area (Å²) in [7, 11) is 1.37. The normalized spacial score (nSPS) is 9.21. The fourth-order valence-corrected chi connectivity index (χ4v) is 1.29. The van der Waals surface area contributed by atoms with E-state index in [4.69, 9.17) is 15.1 Å². The van der Waals surface area contributed by atoms with Crippen molar-refractivity contribution < 1.29 is 14.6 Å². The molecule has 0 spiro atoms. The van der Waals surface area contributed by atoms with Gasteiger partial charge in [0.2, 0.25) is 0 Å². The maximum atomic E-state index is 10.8. The molecule has 0 atom stereocenters. The number of nitrogens with zero attached hydrogens (tertiary/aromatic N) is 1. The van der Waals surface area contributed by atoms with Crippen LogP contribution in [0.2, 0.25) is 0 Å². The second-order valence-electron chi connectivity index (χ2n) is 2.49. The molecule has 0 radical (unpaired) electrons. The van der Waals surface area contributed by atoms with Crippen molar-refractivity contribution in [2.24, 2.45) is 0 Å². The van der Waals surface area contributed by atoms with Crippen molar-refractivity contribution in [2.75, 3.05) is 7.11 Å². The standard InChI is InChI=1S/C9H7NO3S/c1-13-8-3-5(14)2-6(9(11)12)7(8)4-10/h2-3,14H,1H3,(H,11,12). The van der Waals surface area contributed by atoms with Gasteiger partial charge in [0.15, 0.2) is 0 Å². The van der Waals surface area contributed by atoms with Crippen molar-refractivity contribution in [2.45, 2.75) is 4.90 Å². The van der Waals surface area contributed by atoms with Crippen molar-refractivity contribution in [3.8, 4) is 11.8 Å². The minimum atomic E-state index is -1.17. The lowest BCUT2D eigenvalue weighted by atomic mass is 10.1. The maximum absolute atomic E-state index is 10.8. The number of nitriles is 1. The first-order valence-corrected chi connectivity index (χ1v) is 4.09. The predicted molar refractivity (Wildman–Crippen MR) is 51.9 cm³/mol. The number of thiol groups is 1. The first-order valence-electron chi connectivity index (χ1n) is 3.64. The van der Waals surface area contributed by atoms with Crippen molar-refractivity contribution in [1.82, 2.24) is 0 Å². The fraction of sp³-hybridized carbons (Fsp3) is 0.111. The van der Waals surface area contributed by atoms with E-state index >= 15 is 0 Å². The smallest absolute Gasteiger partial charge is 0.337 e. The largest absolute Gasteiger partial charge is 0.495 e. The third-order valence-corrected chi connectivity index (χ3v) is 1.91. The topological polar surface area (TPSA) is 70.3 Å². The van der Waals surface area contributed by atoms with Gasteiger partial charge in [0.1, 0.15) is 17.4 Å². The van der Waals surface area contributed by atoms with E-state index in [1.165, 1.54) is 19.2 Å². The Morgan fingerprint density at radius 2 is 2.29 bits per heavy atom. The second kappa shape index (κ2) is 4.03. The zero-order valence-electron chi connectivity index (χ0n) is 7.31. The summed E-state index contributed by atoms with van der Waals surface area (Å²) in [5.74, 6) is -0.951. The van der Waals surface area contributed by atoms with Crippen molar-refractivity contribution >= 4 is 18.6 Å². The summed E-state index contributed by atoms with van der Waals surface area (Å²) >= 11 is 4.01. The molecule has 0 heterocycles. The van der Waals surface area contributed by atoms with Crippen LogP contribution in [0.4, 0.5) is 0 Å². The molecule has 0 saturated heterocycles. The Morgan fingerprint density at radius 1 is 1.64 bits per heavy atom. The molecule has 0 aliphatic rings. The van der Waals surface area contributed by atoms with Crippen LogP contribution in [0.25, 0.3) is 0 Å². The van der Waals surface area contributed by atoms with Crippen molar-refractivity contribution in [3.63, 3.8) is 0 Å². The molecular weight excluding hydrogens is 202 g/mol. The van der Waals surface area contributed by atoms with Gasteiger partial charge < -0.3 is 9.84 Å². The van der Waals surface area contributed by atoms with Gasteiger partial charge in [0, 0.05) is 4.90 Å². The molecule has 0 aliphatic heterocycles. The van der Waals surface area contributed by atoms with E-state index in [1.807, 2.05) is 0 Å². The van der Waals surface area contributed by atoms with Gasteiger partial charge in [-0.25, -0.2) is 4.79 Å². The molecule has 1 aromatic rings. The van der Waals surface area contributed by atoms with Crippen LogP contribution in [0.15, 0.2) is 17.0 Å². The molecule has 1 aromatic carbocycles. The highest BCUT2D eigenvalue weighted by molar-refractivity contribution is 7.80. The number of rotatable bonds is 2. The summed E-state index contributed by atoms with van der Waals surface area (Å²) in [4.78, 5) is 11.2. The number of carboxylic acids is 1. The molecule has 14 heavy (non-hydrogen) atoms. The van der Waals surface area contributed by atoms with E-state index in [1.54, 1.807) is 6.07 Å². The van der Waals surface area contributed by atoms with E-state index < -0.39 is 5.97 Å². The van der Waals surface area contributed by atoms with E-state index in [-0.39, 0.29) is 16.9 Å². The molecule has 0 aliphatic carbocycles. The summed E-state index contributed by atoms with van der Waals surface area (Å²) in [6.07, 6.45) is 0. The Kier molecular flexibility index (Phi) is 2.99. The summed E-state index contributed by atoms with van der Waals surface area (Å²) < 4.78 is 4.87. The number of benzene rings is 1. The summed E-state index contributed by atoms with van der Waals surface area (Å²) in [6.45, 7) is 0. The number of ether oxygens (including phenoxy) is 1.